The zero-order chi connectivity index (χ0) is 14.5. The van der Waals surface area contributed by atoms with Gasteiger partial charge in [0.15, 0.2) is 0 Å². The maximum Gasteiger partial charge on any atom is 0.119 e. The first-order chi connectivity index (χ1) is 10.4. The second kappa shape index (κ2) is 7.28. The number of nitrogens with zero attached hydrogens (tertiary/aromatic N) is 1. The number of piperidine rings is 1. The zero-order valence-corrected chi connectivity index (χ0v) is 13.1. The minimum Gasteiger partial charge on any atom is -0.494 e. The summed E-state index contributed by atoms with van der Waals surface area (Å²) in [6.45, 7) is 5.35. The molecule has 2 aliphatic heterocycles. The summed E-state index contributed by atoms with van der Waals surface area (Å²) < 4.78 is 5.81. The van der Waals surface area contributed by atoms with Gasteiger partial charge in [0, 0.05) is 24.7 Å². The van der Waals surface area contributed by atoms with Gasteiger partial charge in [0.05, 0.1) is 6.61 Å². The van der Waals surface area contributed by atoms with E-state index in [1.165, 1.54) is 32.2 Å². The Hall–Kier alpha value is -1.06. The summed E-state index contributed by atoms with van der Waals surface area (Å²) >= 11 is 0. The Kier molecular flexibility index (Phi) is 5.15. The van der Waals surface area contributed by atoms with Crippen LogP contribution in [0.25, 0.3) is 0 Å². The fourth-order valence-electron chi connectivity index (χ4n) is 4.05. The largest absolute Gasteiger partial charge is 0.494 e. The molecule has 2 fully saturated rings. The van der Waals surface area contributed by atoms with Crippen LogP contribution in [0, 0.1) is 0 Å². The predicted molar refractivity (Wildman–Crippen MR) is 86.8 cm³/mol. The lowest BCUT2D eigenvalue weighted by atomic mass is 9.97. The SMILES string of the molecule is CCNC1CC2CCC(C1)N2CCCOc1ccccc1. The van der Waals surface area contributed by atoms with Crippen molar-refractivity contribution in [1.82, 2.24) is 10.2 Å². The molecule has 0 amide bonds. The van der Waals surface area contributed by atoms with Crippen LogP contribution in [-0.2, 0) is 0 Å². The Balaban J connectivity index is 1.40. The van der Waals surface area contributed by atoms with Crippen LogP contribution < -0.4 is 10.1 Å². The first kappa shape index (κ1) is 14.9. The maximum atomic E-state index is 5.81. The molecule has 116 valence electrons. The van der Waals surface area contributed by atoms with Crippen LogP contribution in [-0.4, -0.2) is 42.7 Å². The number of fused-ring (bicyclic) bond motifs is 2. The van der Waals surface area contributed by atoms with Crippen molar-refractivity contribution < 1.29 is 4.74 Å². The number of ether oxygens (including phenoxy) is 1. The van der Waals surface area contributed by atoms with Gasteiger partial charge >= 0.3 is 0 Å². The van der Waals surface area contributed by atoms with E-state index in [9.17, 15) is 0 Å². The van der Waals surface area contributed by atoms with Crippen molar-refractivity contribution in [3.8, 4) is 5.75 Å². The van der Waals surface area contributed by atoms with Crippen molar-refractivity contribution in [1.29, 1.82) is 0 Å². The molecule has 0 radical (unpaired) electrons. The van der Waals surface area contributed by atoms with E-state index >= 15 is 0 Å². The number of benzene rings is 1. The summed E-state index contributed by atoms with van der Waals surface area (Å²) in [4.78, 5) is 2.75. The number of nitrogens with one attached hydrogen (secondary N) is 1. The first-order valence-electron chi connectivity index (χ1n) is 8.53. The average molecular weight is 288 g/mol. The van der Waals surface area contributed by atoms with Crippen molar-refractivity contribution in [3.63, 3.8) is 0 Å². The quantitative estimate of drug-likeness (QED) is 0.780. The second-order valence-electron chi connectivity index (χ2n) is 6.36. The van der Waals surface area contributed by atoms with Gasteiger partial charge in [0.2, 0.25) is 0 Å². The monoisotopic (exact) mass is 288 g/mol. The Morgan fingerprint density at radius 3 is 2.52 bits per heavy atom. The van der Waals surface area contributed by atoms with Gasteiger partial charge in [-0.25, -0.2) is 0 Å². The minimum atomic E-state index is 0.754. The van der Waals surface area contributed by atoms with Crippen LogP contribution >= 0.6 is 0 Å². The number of hydrogen-bond acceptors (Lipinski definition) is 3. The topological polar surface area (TPSA) is 24.5 Å². The summed E-state index contributed by atoms with van der Waals surface area (Å²) in [5.74, 6) is 0.992. The Bertz CT molecular complexity index is 408. The van der Waals surface area contributed by atoms with Crippen LogP contribution in [0.4, 0.5) is 0 Å². The van der Waals surface area contributed by atoms with E-state index in [0.29, 0.717) is 0 Å². The third kappa shape index (κ3) is 3.78. The van der Waals surface area contributed by atoms with Gasteiger partial charge in [-0.2, -0.15) is 0 Å². The van der Waals surface area contributed by atoms with Crippen LogP contribution in [0.1, 0.15) is 39.0 Å². The van der Waals surface area contributed by atoms with Crippen molar-refractivity contribution in [2.75, 3.05) is 19.7 Å². The molecule has 2 unspecified atom stereocenters. The minimum absolute atomic E-state index is 0.754. The van der Waals surface area contributed by atoms with E-state index < -0.39 is 0 Å². The molecule has 2 bridgehead atoms. The number of rotatable bonds is 7. The van der Waals surface area contributed by atoms with E-state index in [4.69, 9.17) is 4.74 Å². The molecule has 2 aliphatic rings. The summed E-state index contributed by atoms with van der Waals surface area (Å²) in [5, 5.41) is 3.64. The van der Waals surface area contributed by atoms with Gasteiger partial charge in [0.25, 0.3) is 0 Å². The molecule has 3 rings (SSSR count). The first-order valence-corrected chi connectivity index (χ1v) is 8.53. The van der Waals surface area contributed by atoms with Gasteiger partial charge in [-0.15, -0.1) is 0 Å². The fourth-order valence-corrected chi connectivity index (χ4v) is 4.05. The molecule has 2 heterocycles. The molecule has 2 atom stereocenters. The summed E-state index contributed by atoms with van der Waals surface area (Å²) in [5.41, 5.74) is 0. The van der Waals surface area contributed by atoms with Gasteiger partial charge < -0.3 is 10.1 Å². The molecular weight excluding hydrogens is 260 g/mol. The van der Waals surface area contributed by atoms with Gasteiger partial charge in [0.1, 0.15) is 5.75 Å². The molecule has 0 spiro atoms. The van der Waals surface area contributed by atoms with Crippen molar-refractivity contribution in [2.45, 2.75) is 57.2 Å². The molecule has 0 aliphatic carbocycles. The smallest absolute Gasteiger partial charge is 0.119 e. The van der Waals surface area contributed by atoms with Crippen molar-refractivity contribution in [2.24, 2.45) is 0 Å². The van der Waals surface area contributed by atoms with E-state index in [1.807, 2.05) is 30.3 Å². The molecule has 1 aromatic rings. The van der Waals surface area contributed by atoms with E-state index in [0.717, 1.165) is 43.4 Å². The standard InChI is InChI=1S/C18H28N2O/c1-2-19-15-13-16-9-10-17(14-15)20(16)11-6-12-21-18-7-4-3-5-8-18/h3-5,7-8,15-17,19H,2,6,9-14H2,1H3. The van der Waals surface area contributed by atoms with Gasteiger partial charge in [-0.05, 0) is 50.8 Å². The molecule has 3 nitrogen and oxygen atoms in total. The van der Waals surface area contributed by atoms with Gasteiger partial charge in [-0.1, -0.05) is 25.1 Å². The fraction of sp³-hybridized carbons (Fsp3) is 0.667. The summed E-state index contributed by atoms with van der Waals surface area (Å²) in [7, 11) is 0. The highest BCUT2D eigenvalue weighted by atomic mass is 16.5. The average Bonchev–Trinajstić information content (AvgIpc) is 2.75. The predicted octanol–water partition coefficient (Wildman–Crippen LogP) is 3.06. The lowest BCUT2D eigenvalue weighted by molar-refractivity contribution is 0.110. The van der Waals surface area contributed by atoms with Crippen molar-refractivity contribution in [3.05, 3.63) is 30.3 Å². The molecular formula is C18H28N2O. The highest BCUT2D eigenvalue weighted by Crippen LogP contribution is 2.35. The molecule has 3 heteroatoms. The Labute approximate surface area is 128 Å². The molecule has 0 aromatic heterocycles. The lowest BCUT2D eigenvalue weighted by Crippen LogP contribution is -2.49. The van der Waals surface area contributed by atoms with E-state index in [1.54, 1.807) is 0 Å². The van der Waals surface area contributed by atoms with E-state index in [2.05, 4.69) is 17.1 Å². The number of hydrogen-bond donors (Lipinski definition) is 1. The highest BCUT2D eigenvalue weighted by molar-refractivity contribution is 5.20. The zero-order valence-electron chi connectivity index (χ0n) is 13.1. The Morgan fingerprint density at radius 1 is 1.14 bits per heavy atom. The third-order valence-corrected chi connectivity index (χ3v) is 4.95. The van der Waals surface area contributed by atoms with Crippen LogP contribution in [0.5, 0.6) is 5.75 Å². The van der Waals surface area contributed by atoms with Crippen LogP contribution in [0.2, 0.25) is 0 Å². The molecule has 21 heavy (non-hydrogen) atoms. The maximum absolute atomic E-state index is 5.81. The van der Waals surface area contributed by atoms with Crippen LogP contribution in [0.15, 0.2) is 30.3 Å². The number of para-hydroxylation sites is 1. The summed E-state index contributed by atoms with van der Waals surface area (Å²) in [6, 6.07) is 12.5. The molecule has 1 aromatic carbocycles. The molecule has 0 saturated carbocycles. The Morgan fingerprint density at radius 2 is 1.86 bits per heavy atom. The normalized spacial score (nSPS) is 28.7. The molecule has 1 N–H and O–H groups in total. The highest BCUT2D eigenvalue weighted by Gasteiger charge is 2.39. The summed E-state index contributed by atoms with van der Waals surface area (Å²) in [6.07, 6.45) is 6.60. The van der Waals surface area contributed by atoms with E-state index in [-0.39, 0.29) is 0 Å². The third-order valence-electron chi connectivity index (χ3n) is 4.95. The lowest BCUT2D eigenvalue weighted by Gasteiger charge is -2.39. The van der Waals surface area contributed by atoms with Crippen molar-refractivity contribution >= 4 is 0 Å². The van der Waals surface area contributed by atoms with Crippen LogP contribution in [0.3, 0.4) is 0 Å². The van der Waals surface area contributed by atoms with Gasteiger partial charge in [-0.3, -0.25) is 4.90 Å². The molecule has 2 saturated heterocycles. The second-order valence-corrected chi connectivity index (χ2v) is 6.36.